The standard InChI is InChI=1S/C20H28S/c1-3-5-15-7-9-16(10-8-15)17-11-12-18-13-19(6-4-2)21-20(18)14-17/h11-16H,3-10H2,1-2H3. The Morgan fingerprint density at radius 3 is 2.52 bits per heavy atom. The number of fused-ring (bicyclic) bond motifs is 1. The van der Waals surface area contributed by atoms with Crippen LogP contribution < -0.4 is 0 Å². The molecule has 1 heterocycles. The van der Waals surface area contributed by atoms with E-state index >= 15 is 0 Å². The topological polar surface area (TPSA) is 0 Å². The fraction of sp³-hybridized carbons (Fsp3) is 0.600. The van der Waals surface area contributed by atoms with Gasteiger partial charge in [0.1, 0.15) is 0 Å². The van der Waals surface area contributed by atoms with Crippen LogP contribution in [-0.2, 0) is 6.42 Å². The van der Waals surface area contributed by atoms with E-state index in [2.05, 4.69) is 38.1 Å². The monoisotopic (exact) mass is 300 g/mol. The normalized spacial score (nSPS) is 22.8. The van der Waals surface area contributed by atoms with Crippen molar-refractivity contribution in [2.45, 2.75) is 71.1 Å². The Bertz CT molecular complexity index is 573. The summed E-state index contributed by atoms with van der Waals surface area (Å²) in [7, 11) is 0. The Balaban J connectivity index is 1.72. The van der Waals surface area contributed by atoms with Crippen LogP contribution in [0.4, 0.5) is 0 Å². The molecule has 2 aromatic rings. The van der Waals surface area contributed by atoms with E-state index in [-0.39, 0.29) is 0 Å². The zero-order valence-corrected chi connectivity index (χ0v) is 14.3. The smallest absolute Gasteiger partial charge is 0.0348 e. The largest absolute Gasteiger partial charge is 0.140 e. The molecule has 1 aliphatic rings. The molecule has 0 radical (unpaired) electrons. The number of aryl methyl sites for hydroxylation is 1. The van der Waals surface area contributed by atoms with E-state index in [9.17, 15) is 0 Å². The van der Waals surface area contributed by atoms with E-state index < -0.39 is 0 Å². The van der Waals surface area contributed by atoms with Crippen molar-refractivity contribution in [3.63, 3.8) is 0 Å². The predicted octanol–water partition coefficient (Wildman–Crippen LogP) is 6.93. The summed E-state index contributed by atoms with van der Waals surface area (Å²) in [5, 5.41) is 1.45. The van der Waals surface area contributed by atoms with E-state index in [0.717, 1.165) is 11.8 Å². The third kappa shape index (κ3) is 3.51. The Labute approximate surface area is 133 Å². The van der Waals surface area contributed by atoms with Crippen molar-refractivity contribution in [3.05, 3.63) is 34.7 Å². The van der Waals surface area contributed by atoms with E-state index in [4.69, 9.17) is 0 Å². The first-order valence-corrected chi connectivity index (χ1v) is 9.64. The molecule has 114 valence electrons. The number of hydrogen-bond donors (Lipinski definition) is 0. The summed E-state index contributed by atoms with van der Waals surface area (Å²) in [6, 6.07) is 9.64. The van der Waals surface area contributed by atoms with Crippen molar-refractivity contribution in [1.82, 2.24) is 0 Å². The molecule has 0 atom stereocenters. The maximum absolute atomic E-state index is 2.49. The average molecular weight is 301 g/mol. The zero-order chi connectivity index (χ0) is 14.7. The van der Waals surface area contributed by atoms with Crippen LogP contribution in [0.15, 0.2) is 24.3 Å². The second kappa shape index (κ2) is 6.96. The molecule has 1 aromatic heterocycles. The molecule has 0 bridgehead atoms. The van der Waals surface area contributed by atoms with Gasteiger partial charge >= 0.3 is 0 Å². The summed E-state index contributed by atoms with van der Waals surface area (Å²) in [6.45, 7) is 4.59. The lowest BCUT2D eigenvalue weighted by molar-refractivity contribution is 0.308. The number of thiophene rings is 1. The van der Waals surface area contributed by atoms with E-state index in [1.165, 1.54) is 61.5 Å². The highest BCUT2D eigenvalue weighted by molar-refractivity contribution is 7.19. The SMILES string of the molecule is CCCc1cc2ccc(C3CCC(CCC)CC3)cc2s1. The minimum Gasteiger partial charge on any atom is -0.140 e. The van der Waals surface area contributed by atoms with Crippen LogP contribution in [0.3, 0.4) is 0 Å². The van der Waals surface area contributed by atoms with Gasteiger partial charge in [-0.15, -0.1) is 11.3 Å². The van der Waals surface area contributed by atoms with Crippen molar-refractivity contribution in [3.8, 4) is 0 Å². The third-order valence-corrected chi connectivity index (χ3v) is 6.26. The average Bonchev–Trinajstić information content (AvgIpc) is 2.90. The molecule has 1 heteroatoms. The number of benzene rings is 1. The van der Waals surface area contributed by atoms with Gasteiger partial charge in [-0.3, -0.25) is 0 Å². The Morgan fingerprint density at radius 1 is 1.00 bits per heavy atom. The van der Waals surface area contributed by atoms with E-state index in [0.29, 0.717) is 0 Å². The second-order valence-corrected chi connectivity index (χ2v) is 7.93. The van der Waals surface area contributed by atoms with Crippen molar-refractivity contribution < 1.29 is 0 Å². The minimum atomic E-state index is 0.819. The Morgan fingerprint density at radius 2 is 1.81 bits per heavy atom. The summed E-state index contributed by atoms with van der Waals surface area (Å²) in [5.41, 5.74) is 1.60. The first-order chi connectivity index (χ1) is 10.3. The molecule has 0 unspecified atom stereocenters. The van der Waals surface area contributed by atoms with Gasteiger partial charge in [-0.25, -0.2) is 0 Å². The van der Waals surface area contributed by atoms with Crippen LogP contribution >= 0.6 is 11.3 Å². The summed E-state index contributed by atoms with van der Waals surface area (Å²) >= 11 is 2.01. The molecular weight excluding hydrogens is 272 g/mol. The van der Waals surface area contributed by atoms with E-state index in [1.54, 1.807) is 10.4 Å². The molecule has 0 amide bonds. The summed E-state index contributed by atoms with van der Waals surface area (Å²) in [6.07, 6.45) is 11.0. The van der Waals surface area contributed by atoms with Crippen LogP contribution in [-0.4, -0.2) is 0 Å². The van der Waals surface area contributed by atoms with Crippen LogP contribution in [0, 0.1) is 5.92 Å². The van der Waals surface area contributed by atoms with Gasteiger partial charge < -0.3 is 0 Å². The van der Waals surface area contributed by atoms with Crippen molar-refractivity contribution in [2.75, 3.05) is 0 Å². The molecule has 21 heavy (non-hydrogen) atoms. The van der Waals surface area contributed by atoms with Gasteiger partial charge in [-0.1, -0.05) is 45.2 Å². The summed E-state index contributed by atoms with van der Waals surface area (Å²) in [4.78, 5) is 1.55. The second-order valence-electron chi connectivity index (χ2n) is 6.77. The predicted molar refractivity (Wildman–Crippen MR) is 95.4 cm³/mol. The third-order valence-electron chi connectivity index (χ3n) is 5.11. The molecule has 0 aliphatic heterocycles. The molecule has 3 rings (SSSR count). The van der Waals surface area contributed by atoms with Gasteiger partial charge in [0.25, 0.3) is 0 Å². The molecule has 0 N–H and O–H groups in total. The highest BCUT2D eigenvalue weighted by Crippen LogP contribution is 2.39. The minimum absolute atomic E-state index is 0.819. The number of hydrogen-bond acceptors (Lipinski definition) is 1. The quantitative estimate of drug-likeness (QED) is 0.561. The lowest BCUT2D eigenvalue weighted by atomic mass is 9.77. The summed E-state index contributed by atoms with van der Waals surface area (Å²) in [5.74, 6) is 1.83. The Hall–Kier alpha value is -0.820. The highest BCUT2D eigenvalue weighted by Gasteiger charge is 2.22. The molecule has 1 aromatic carbocycles. The lowest BCUT2D eigenvalue weighted by Gasteiger charge is -2.28. The van der Waals surface area contributed by atoms with Crippen LogP contribution in [0.2, 0.25) is 0 Å². The first-order valence-electron chi connectivity index (χ1n) is 8.82. The molecule has 1 fully saturated rings. The van der Waals surface area contributed by atoms with Crippen LogP contribution in [0.25, 0.3) is 10.1 Å². The molecular formula is C20H28S. The van der Waals surface area contributed by atoms with Gasteiger partial charge in [0.2, 0.25) is 0 Å². The van der Waals surface area contributed by atoms with Crippen molar-refractivity contribution >= 4 is 21.4 Å². The fourth-order valence-electron chi connectivity index (χ4n) is 3.92. The molecule has 1 aliphatic carbocycles. The van der Waals surface area contributed by atoms with E-state index in [1.807, 2.05) is 11.3 Å². The molecule has 0 spiro atoms. The molecule has 0 nitrogen and oxygen atoms in total. The highest BCUT2D eigenvalue weighted by atomic mass is 32.1. The molecule has 1 saturated carbocycles. The maximum Gasteiger partial charge on any atom is 0.0348 e. The molecule has 0 saturated heterocycles. The fourth-order valence-corrected chi connectivity index (χ4v) is 5.13. The zero-order valence-electron chi connectivity index (χ0n) is 13.5. The summed E-state index contributed by atoms with van der Waals surface area (Å²) < 4.78 is 1.51. The van der Waals surface area contributed by atoms with Gasteiger partial charge in [0, 0.05) is 9.58 Å². The van der Waals surface area contributed by atoms with Crippen LogP contribution in [0.5, 0.6) is 0 Å². The first kappa shape index (κ1) is 15.1. The van der Waals surface area contributed by atoms with Gasteiger partial charge in [0.05, 0.1) is 0 Å². The van der Waals surface area contributed by atoms with Crippen LogP contribution in [0.1, 0.15) is 75.2 Å². The van der Waals surface area contributed by atoms with Crippen molar-refractivity contribution in [2.24, 2.45) is 5.92 Å². The van der Waals surface area contributed by atoms with Gasteiger partial charge in [-0.2, -0.15) is 0 Å². The van der Waals surface area contributed by atoms with Gasteiger partial charge in [-0.05, 0) is 67.0 Å². The Kier molecular flexibility index (Phi) is 5.00. The number of rotatable bonds is 5. The lowest BCUT2D eigenvalue weighted by Crippen LogP contribution is -2.13. The van der Waals surface area contributed by atoms with Crippen molar-refractivity contribution in [1.29, 1.82) is 0 Å². The van der Waals surface area contributed by atoms with Gasteiger partial charge in [0.15, 0.2) is 0 Å². The maximum atomic E-state index is 2.49.